The molecule has 1 aromatic rings. The lowest BCUT2D eigenvalue weighted by Crippen LogP contribution is -2.63. The van der Waals surface area contributed by atoms with Crippen molar-refractivity contribution in [3.8, 4) is 0 Å². The first kappa shape index (κ1) is 21.2. The Bertz CT molecular complexity index is 701. The Morgan fingerprint density at radius 3 is 2.66 bits per heavy atom. The molecular weight excluding hydrogens is 378 g/mol. The predicted molar refractivity (Wildman–Crippen MR) is 103 cm³/mol. The summed E-state index contributed by atoms with van der Waals surface area (Å²) in [4.78, 5) is 39.4. The summed E-state index contributed by atoms with van der Waals surface area (Å²) in [6.07, 6.45) is 4.05. The van der Waals surface area contributed by atoms with Crippen molar-refractivity contribution in [2.75, 3.05) is 39.3 Å². The van der Waals surface area contributed by atoms with Crippen LogP contribution in [0.4, 0.5) is 4.79 Å². The number of cyclic esters (lactones) is 1. The third-order valence-corrected chi connectivity index (χ3v) is 6.20. The number of likely N-dealkylation sites (tertiary alicyclic amines) is 1. The Hall–Kier alpha value is -2.55. The van der Waals surface area contributed by atoms with Crippen molar-refractivity contribution in [2.45, 2.75) is 38.3 Å². The Kier molecular flexibility index (Phi) is 6.79. The molecule has 3 aliphatic heterocycles. The minimum absolute atomic E-state index is 0.0846. The van der Waals surface area contributed by atoms with Crippen LogP contribution in [0.25, 0.3) is 0 Å². The molecule has 3 aliphatic rings. The van der Waals surface area contributed by atoms with Gasteiger partial charge in [-0.05, 0) is 44.5 Å². The highest BCUT2D eigenvalue weighted by molar-refractivity contribution is 5.80. The predicted octanol–water partition coefficient (Wildman–Crippen LogP) is 1.64. The van der Waals surface area contributed by atoms with Crippen molar-refractivity contribution in [3.63, 3.8) is 0 Å². The van der Waals surface area contributed by atoms with Crippen molar-refractivity contribution >= 4 is 18.5 Å². The van der Waals surface area contributed by atoms with E-state index in [0.29, 0.717) is 26.2 Å². The number of carboxylic acid groups (broad SMARTS) is 1. The second kappa shape index (κ2) is 9.30. The van der Waals surface area contributed by atoms with Gasteiger partial charge in [-0.3, -0.25) is 19.4 Å². The number of piperazine rings is 1. The van der Waals surface area contributed by atoms with Crippen LogP contribution in [0.5, 0.6) is 0 Å². The molecule has 3 fully saturated rings. The van der Waals surface area contributed by atoms with E-state index in [2.05, 4.69) is 11.8 Å². The van der Waals surface area contributed by atoms with E-state index >= 15 is 0 Å². The van der Waals surface area contributed by atoms with E-state index in [9.17, 15) is 9.59 Å². The highest BCUT2D eigenvalue weighted by Crippen LogP contribution is 2.33. The van der Waals surface area contributed by atoms with Gasteiger partial charge in [0.2, 0.25) is 5.91 Å². The Balaban J connectivity index is 0.000000755. The average molecular weight is 407 g/mol. The standard InChI is InChI=1S/C19H27N3O4.CH2O2/c1-2-19-13-21(9-10-22(19)18(24)26-14-19)17(23)15-5-7-20(8-6-15)12-16-4-3-11-25-16;2-1-3/h3-4,11,15H,2,5-10,12-14H2,1H3;1H,(H,2,3). The molecular formula is C20H29N3O6. The van der Waals surface area contributed by atoms with Crippen LogP contribution in [0.2, 0.25) is 0 Å². The maximum absolute atomic E-state index is 13.0. The molecule has 2 amide bonds. The van der Waals surface area contributed by atoms with E-state index in [0.717, 1.165) is 44.7 Å². The quantitative estimate of drug-likeness (QED) is 0.757. The van der Waals surface area contributed by atoms with Gasteiger partial charge < -0.3 is 19.2 Å². The van der Waals surface area contributed by atoms with Crippen molar-refractivity contribution in [1.82, 2.24) is 14.7 Å². The van der Waals surface area contributed by atoms with Crippen LogP contribution in [0.3, 0.4) is 0 Å². The largest absolute Gasteiger partial charge is 0.483 e. The molecule has 0 aromatic carbocycles. The number of nitrogens with zero attached hydrogens (tertiary/aromatic N) is 3. The molecule has 9 nitrogen and oxygen atoms in total. The fraction of sp³-hybridized carbons (Fsp3) is 0.650. The third kappa shape index (κ3) is 4.55. The molecule has 3 saturated heterocycles. The second-order valence-corrected chi connectivity index (χ2v) is 7.78. The van der Waals surface area contributed by atoms with Crippen LogP contribution in [0, 0.1) is 5.92 Å². The molecule has 0 bridgehead atoms. The van der Waals surface area contributed by atoms with Crippen LogP contribution in [-0.2, 0) is 20.9 Å². The summed E-state index contributed by atoms with van der Waals surface area (Å²) in [5.74, 6) is 1.30. The van der Waals surface area contributed by atoms with Crippen molar-refractivity contribution < 1.29 is 28.6 Å². The molecule has 0 radical (unpaired) electrons. The van der Waals surface area contributed by atoms with Gasteiger partial charge in [-0.1, -0.05) is 6.92 Å². The first-order valence-corrected chi connectivity index (χ1v) is 10.1. The van der Waals surface area contributed by atoms with E-state index in [-0.39, 0.29) is 29.9 Å². The minimum Gasteiger partial charge on any atom is -0.483 e. The summed E-state index contributed by atoms with van der Waals surface area (Å²) in [5.41, 5.74) is -0.328. The number of furan rings is 1. The summed E-state index contributed by atoms with van der Waals surface area (Å²) in [6.45, 7) is 6.64. The minimum atomic E-state index is -0.328. The average Bonchev–Trinajstić information content (AvgIpc) is 3.37. The van der Waals surface area contributed by atoms with Gasteiger partial charge in [0, 0.05) is 25.6 Å². The number of carbonyl (C=O) groups is 3. The van der Waals surface area contributed by atoms with Crippen LogP contribution in [0.15, 0.2) is 22.8 Å². The van der Waals surface area contributed by atoms with E-state index in [1.807, 2.05) is 21.9 Å². The summed E-state index contributed by atoms with van der Waals surface area (Å²) in [5, 5.41) is 6.89. The van der Waals surface area contributed by atoms with Gasteiger partial charge in [-0.2, -0.15) is 0 Å². The van der Waals surface area contributed by atoms with Gasteiger partial charge in [0.05, 0.1) is 18.3 Å². The first-order chi connectivity index (χ1) is 14.0. The zero-order valence-corrected chi connectivity index (χ0v) is 16.8. The molecule has 0 spiro atoms. The third-order valence-electron chi connectivity index (χ3n) is 6.20. The zero-order chi connectivity index (χ0) is 20.9. The van der Waals surface area contributed by atoms with Gasteiger partial charge in [-0.25, -0.2) is 4.79 Å². The van der Waals surface area contributed by atoms with Crippen LogP contribution < -0.4 is 0 Å². The lowest BCUT2D eigenvalue weighted by atomic mass is 9.90. The molecule has 0 aliphatic carbocycles. The van der Waals surface area contributed by atoms with Gasteiger partial charge in [0.25, 0.3) is 6.47 Å². The SMILES string of the molecule is CCC12COC(=O)N1CCN(C(=O)C1CCN(Cc3ccco3)CC1)C2.O=CO. The maximum atomic E-state index is 13.0. The summed E-state index contributed by atoms with van der Waals surface area (Å²) in [7, 11) is 0. The van der Waals surface area contributed by atoms with Crippen LogP contribution in [-0.4, -0.2) is 83.1 Å². The summed E-state index contributed by atoms with van der Waals surface area (Å²) >= 11 is 0. The molecule has 4 rings (SSSR count). The van der Waals surface area contributed by atoms with Crippen LogP contribution in [0.1, 0.15) is 31.9 Å². The summed E-state index contributed by atoms with van der Waals surface area (Å²) < 4.78 is 10.7. The number of hydrogen-bond acceptors (Lipinski definition) is 6. The molecule has 9 heteroatoms. The zero-order valence-electron chi connectivity index (χ0n) is 16.8. The highest BCUT2D eigenvalue weighted by atomic mass is 16.6. The first-order valence-electron chi connectivity index (χ1n) is 10.1. The monoisotopic (exact) mass is 407 g/mol. The Morgan fingerprint density at radius 2 is 2.03 bits per heavy atom. The van der Waals surface area contributed by atoms with Gasteiger partial charge in [0.15, 0.2) is 0 Å². The molecule has 1 unspecified atom stereocenters. The lowest BCUT2D eigenvalue weighted by molar-refractivity contribution is -0.141. The fourth-order valence-corrected chi connectivity index (χ4v) is 4.47. The molecule has 1 atom stereocenters. The van der Waals surface area contributed by atoms with Crippen molar-refractivity contribution in [2.24, 2.45) is 5.92 Å². The van der Waals surface area contributed by atoms with E-state index < -0.39 is 0 Å². The maximum Gasteiger partial charge on any atom is 0.410 e. The van der Waals surface area contributed by atoms with E-state index in [4.69, 9.17) is 19.1 Å². The normalized spacial score (nSPS) is 25.1. The topological polar surface area (TPSA) is 104 Å². The molecule has 1 N–H and O–H groups in total. The smallest absolute Gasteiger partial charge is 0.410 e. The summed E-state index contributed by atoms with van der Waals surface area (Å²) in [6, 6.07) is 3.90. The highest BCUT2D eigenvalue weighted by Gasteiger charge is 2.50. The van der Waals surface area contributed by atoms with Crippen molar-refractivity contribution in [1.29, 1.82) is 0 Å². The molecule has 160 valence electrons. The lowest BCUT2D eigenvalue weighted by Gasteiger charge is -2.45. The Labute approximate surface area is 170 Å². The van der Waals surface area contributed by atoms with Gasteiger partial charge in [0.1, 0.15) is 12.4 Å². The number of rotatable bonds is 4. The van der Waals surface area contributed by atoms with Gasteiger partial charge >= 0.3 is 6.09 Å². The molecule has 4 heterocycles. The van der Waals surface area contributed by atoms with E-state index in [1.54, 1.807) is 6.26 Å². The van der Waals surface area contributed by atoms with Crippen LogP contribution >= 0.6 is 0 Å². The number of amides is 2. The molecule has 1 aromatic heterocycles. The Morgan fingerprint density at radius 1 is 1.31 bits per heavy atom. The number of piperidine rings is 1. The van der Waals surface area contributed by atoms with Crippen molar-refractivity contribution in [3.05, 3.63) is 24.2 Å². The number of hydrogen-bond donors (Lipinski definition) is 1. The van der Waals surface area contributed by atoms with E-state index in [1.165, 1.54) is 0 Å². The molecule has 0 saturated carbocycles. The van der Waals surface area contributed by atoms with Gasteiger partial charge in [-0.15, -0.1) is 0 Å². The number of carbonyl (C=O) groups excluding carboxylic acids is 2. The second-order valence-electron chi connectivity index (χ2n) is 7.78. The number of fused-ring (bicyclic) bond motifs is 1. The number of ether oxygens (including phenoxy) is 1. The molecule has 29 heavy (non-hydrogen) atoms. The fourth-order valence-electron chi connectivity index (χ4n) is 4.47.